The van der Waals surface area contributed by atoms with Crippen molar-refractivity contribution in [2.45, 2.75) is 6.42 Å². The van der Waals surface area contributed by atoms with Crippen molar-refractivity contribution in [1.29, 1.82) is 0 Å². The van der Waals surface area contributed by atoms with E-state index in [1.165, 1.54) is 0 Å². The lowest BCUT2D eigenvalue weighted by atomic mass is 10.2. The van der Waals surface area contributed by atoms with Gasteiger partial charge in [-0.15, -0.1) is 10.2 Å². The van der Waals surface area contributed by atoms with E-state index in [-0.39, 0.29) is 18.2 Å². The number of benzene rings is 2. The summed E-state index contributed by atoms with van der Waals surface area (Å²) in [4.78, 5) is 26.3. The fourth-order valence-corrected chi connectivity index (χ4v) is 3.23. The van der Waals surface area contributed by atoms with E-state index in [2.05, 4.69) is 26.0 Å². The first-order chi connectivity index (χ1) is 14.9. The van der Waals surface area contributed by atoms with Crippen molar-refractivity contribution in [2.24, 2.45) is 5.10 Å². The van der Waals surface area contributed by atoms with Crippen LogP contribution in [0.1, 0.15) is 20.9 Å². The molecule has 1 aromatic heterocycles. The SMILES string of the molecule is COc1ccc(C(=O)Nc2nnc(CC(=O)N/N=C\c3ccc(N(C)C)cc3)s2)cc1. The molecule has 10 heteroatoms. The fraction of sp³-hybridized carbons (Fsp3) is 0.190. The molecule has 2 amide bonds. The van der Waals surface area contributed by atoms with Gasteiger partial charge in [-0.1, -0.05) is 23.5 Å². The molecule has 9 nitrogen and oxygen atoms in total. The molecule has 0 bridgehead atoms. The van der Waals surface area contributed by atoms with E-state index in [1.807, 2.05) is 43.3 Å². The van der Waals surface area contributed by atoms with E-state index < -0.39 is 0 Å². The quantitative estimate of drug-likeness (QED) is 0.413. The number of ether oxygens (including phenoxy) is 1. The number of methoxy groups -OCH3 is 1. The number of nitrogens with zero attached hydrogens (tertiary/aromatic N) is 4. The van der Waals surface area contributed by atoms with E-state index in [0.29, 0.717) is 21.5 Å². The van der Waals surface area contributed by atoms with Gasteiger partial charge in [0.15, 0.2) is 0 Å². The summed E-state index contributed by atoms with van der Waals surface area (Å²) < 4.78 is 5.07. The van der Waals surface area contributed by atoms with Gasteiger partial charge in [0.2, 0.25) is 11.0 Å². The third-order valence-corrected chi connectivity index (χ3v) is 5.00. The second kappa shape index (κ2) is 10.3. The predicted octanol–water partition coefficient (Wildman–Crippen LogP) is 2.56. The number of nitrogens with one attached hydrogen (secondary N) is 2. The van der Waals surface area contributed by atoms with Crippen LogP contribution in [-0.4, -0.2) is 49.4 Å². The third kappa shape index (κ3) is 6.34. The number of hydrogen-bond acceptors (Lipinski definition) is 8. The molecule has 3 aromatic rings. The average Bonchev–Trinajstić information content (AvgIpc) is 3.20. The first kappa shape index (κ1) is 21.9. The molecule has 0 unspecified atom stereocenters. The highest BCUT2D eigenvalue weighted by molar-refractivity contribution is 7.15. The van der Waals surface area contributed by atoms with Crippen molar-refractivity contribution in [3.8, 4) is 5.75 Å². The molecule has 0 spiro atoms. The predicted molar refractivity (Wildman–Crippen MR) is 121 cm³/mol. The summed E-state index contributed by atoms with van der Waals surface area (Å²) in [6, 6.07) is 14.4. The second-order valence-corrected chi connectivity index (χ2v) is 7.70. The minimum Gasteiger partial charge on any atom is -0.497 e. The zero-order valence-electron chi connectivity index (χ0n) is 17.3. The maximum Gasteiger partial charge on any atom is 0.257 e. The van der Waals surface area contributed by atoms with Crippen molar-refractivity contribution in [2.75, 3.05) is 31.4 Å². The van der Waals surface area contributed by atoms with E-state index in [4.69, 9.17) is 4.74 Å². The molecule has 0 saturated carbocycles. The Bertz CT molecular complexity index is 1060. The third-order valence-electron chi connectivity index (χ3n) is 4.16. The molecule has 2 aromatic carbocycles. The Morgan fingerprint density at radius 2 is 1.81 bits per heavy atom. The van der Waals surface area contributed by atoms with Crippen molar-refractivity contribution in [3.05, 3.63) is 64.7 Å². The van der Waals surface area contributed by atoms with Crippen LogP contribution in [0.4, 0.5) is 10.8 Å². The molecule has 0 atom stereocenters. The summed E-state index contributed by atoms with van der Waals surface area (Å²) in [6.07, 6.45) is 1.57. The number of carbonyl (C=O) groups is 2. The van der Waals surface area contributed by atoms with Crippen LogP contribution in [0.25, 0.3) is 0 Å². The Hall–Kier alpha value is -3.79. The molecule has 3 rings (SSSR count). The van der Waals surface area contributed by atoms with Crippen molar-refractivity contribution >= 4 is 40.2 Å². The summed E-state index contributed by atoms with van der Waals surface area (Å²) >= 11 is 1.13. The van der Waals surface area contributed by atoms with Gasteiger partial charge >= 0.3 is 0 Å². The molecule has 2 N–H and O–H groups in total. The fourth-order valence-electron chi connectivity index (χ4n) is 2.50. The van der Waals surface area contributed by atoms with Crippen LogP contribution in [-0.2, 0) is 11.2 Å². The number of anilines is 2. The van der Waals surface area contributed by atoms with Gasteiger partial charge in [-0.25, -0.2) is 5.43 Å². The Kier molecular flexibility index (Phi) is 7.28. The molecule has 1 heterocycles. The second-order valence-electron chi connectivity index (χ2n) is 6.64. The van der Waals surface area contributed by atoms with Gasteiger partial charge in [0.25, 0.3) is 5.91 Å². The summed E-state index contributed by atoms with van der Waals surface area (Å²) in [7, 11) is 5.49. The van der Waals surface area contributed by atoms with Gasteiger partial charge in [0.05, 0.1) is 19.7 Å². The summed E-state index contributed by atoms with van der Waals surface area (Å²) in [5.41, 5.74) is 4.87. The Labute approximate surface area is 183 Å². The molecule has 0 aliphatic heterocycles. The Balaban J connectivity index is 1.49. The van der Waals surface area contributed by atoms with Crippen LogP contribution >= 0.6 is 11.3 Å². The lowest BCUT2D eigenvalue weighted by Crippen LogP contribution is -2.19. The van der Waals surface area contributed by atoms with Crippen LogP contribution in [0.2, 0.25) is 0 Å². The zero-order chi connectivity index (χ0) is 22.2. The first-order valence-corrected chi connectivity index (χ1v) is 10.1. The molecule has 0 saturated heterocycles. The smallest absolute Gasteiger partial charge is 0.257 e. The van der Waals surface area contributed by atoms with Crippen molar-refractivity contribution in [3.63, 3.8) is 0 Å². The number of carbonyl (C=O) groups excluding carboxylic acids is 2. The highest BCUT2D eigenvalue weighted by Crippen LogP contribution is 2.18. The highest BCUT2D eigenvalue weighted by Gasteiger charge is 2.12. The van der Waals surface area contributed by atoms with Crippen molar-refractivity contribution < 1.29 is 14.3 Å². The van der Waals surface area contributed by atoms with E-state index in [9.17, 15) is 9.59 Å². The van der Waals surface area contributed by atoms with Gasteiger partial charge in [-0.2, -0.15) is 5.10 Å². The van der Waals surface area contributed by atoms with E-state index in [1.54, 1.807) is 37.6 Å². The summed E-state index contributed by atoms with van der Waals surface area (Å²) in [5, 5.41) is 15.3. The van der Waals surface area contributed by atoms with E-state index >= 15 is 0 Å². The van der Waals surface area contributed by atoms with Crippen LogP contribution in [0.15, 0.2) is 53.6 Å². The Morgan fingerprint density at radius 1 is 1.10 bits per heavy atom. The standard InChI is InChI=1S/C21H22N6O3S/c1-27(2)16-8-4-14(5-9-16)13-22-24-18(28)12-19-25-26-21(31-19)23-20(29)15-6-10-17(30-3)11-7-15/h4-11,13H,12H2,1-3H3,(H,24,28)(H,23,26,29)/b22-13-. The van der Waals surface area contributed by atoms with Crippen LogP contribution in [0.5, 0.6) is 5.75 Å². The average molecular weight is 439 g/mol. The van der Waals surface area contributed by atoms with Gasteiger partial charge < -0.3 is 9.64 Å². The molecule has 0 aliphatic rings. The maximum absolute atomic E-state index is 12.3. The molecular weight excluding hydrogens is 416 g/mol. The number of hydrazone groups is 1. The van der Waals surface area contributed by atoms with Crippen LogP contribution in [0, 0.1) is 0 Å². The molecule has 31 heavy (non-hydrogen) atoms. The van der Waals surface area contributed by atoms with Gasteiger partial charge in [0, 0.05) is 25.3 Å². The molecule has 0 radical (unpaired) electrons. The molecule has 160 valence electrons. The van der Waals surface area contributed by atoms with E-state index in [0.717, 1.165) is 22.6 Å². The van der Waals surface area contributed by atoms with Crippen LogP contribution < -0.4 is 20.4 Å². The lowest BCUT2D eigenvalue weighted by molar-refractivity contribution is -0.120. The minimum atomic E-state index is -0.328. The minimum absolute atomic E-state index is 0.00692. The number of amides is 2. The number of aromatic nitrogens is 2. The zero-order valence-corrected chi connectivity index (χ0v) is 18.1. The topological polar surface area (TPSA) is 109 Å². The normalized spacial score (nSPS) is 10.7. The maximum atomic E-state index is 12.3. The first-order valence-electron chi connectivity index (χ1n) is 9.31. The summed E-state index contributed by atoms with van der Waals surface area (Å²) in [5.74, 6) is 0.0130. The van der Waals surface area contributed by atoms with Gasteiger partial charge in [-0.05, 0) is 42.0 Å². The largest absolute Gasteiger partial charge is 0.497 e. The lowest BCUT2D eigenvalue weighted by Gasteiger charge is -2.11. The van der Waals surface area contributed by atoms with Crippen molar-refractivity contribution in [1.82, 2.24) is 15.6 Å². The molecule has 0 fully saturated rings. The Morgan fingerprint density at radius 3 is 2.45 bits per heavy atom. The highest BCUT2D eigenvalue weighted by atomic mass is 32.1. The molecular formula is C21H22N6O3S. The number of rotatable bonds is 8. The number of hydrogen-bond donors (Lipinski definition) is 2. The van der Waals surface area contributed by atoms with Crippen LogP contribution in [0.3, 0.4) is 0 Å². The van der Waals surface area contributed by atoms with Gasteiger partial charge in [0.1, 0.15) is 10.8 Å². The molecule has 0 aliphatic carbocycles. The van der Waals surface area contributed by atoms with Gasteiger partial charge in [-0.3, -0.25) is 14.9 Å². The summed E-state index contributed by atoms with van der Waals surface area (Å²) in [6.45, 7) is 0. The monoisotopic (exact) mass is 438 g/mol.